The highest BCUT2D eigenvalue weighted by Crippen LogP contribution is 2.50. The van der Waals surface area contributed by atoms with Crippen molar-refractivity contribution in [3.8, 4) is 0 Å². The van der Waals surface area contributed by atoms with E-state index in [-0.39, 0.29) is 11.7 Å². The summed E-state index contributed by atoms with van der Waals surface area (Å²) in [7, 11) is 0. The molecule has 0 spiro atoms. The Morgan fingerprint density at radius 1 is 0.639 bits per heavy atom. The molecule has 2 aliphatic rings. The minimum atomic E-state index is -0.989. The number of hydrogen-bond donors (Lipinski definition) is 0. The minimum absolute atomic E-state index is 0.219. The summed E-state index contributed by atoms with van der Waals surface area (Å²) in [5.41, 5.74) is 2.45. The van der Waals surface area contributed by atoms with Crippen molar-refractivity contribution in [2.75, 3.05) is 0 Å². The van der Waals surface area contributed by atoms with Gasteiger partial charge in [-0.1, -0.05) is 79.4 Å². The van der Waals surface area contributed by atoms with Gasteiger partial charge in [-0.15, -0.1) is 0 Å². The van der Waals surface area contributed by atoms with Gasteiger partial charge in [-0.05, 0) is 45.2 Å². The second kappa shape index (κ2) is 8.66. The molecule has 0 saturated carbocycles. The molecule has 4 aromatic carbocycles. The largest absolute Gasteiger partial charge is 0.417 e. The molecular formula is C30H18Cl2O4. The third kappa shape index (κ3) is 3.53. The van der Waals surface area contributed by atoms with Crippen molar-refractivity contribution in [1.82, 2.24) is 0 Å². The van der Waals surface area contributed by atoms with Gasteiger partial charge >= 0.3 is 10.9 Å². The fourth-order valence-electron chi connectivity index (χ4n) is 5.56. The number of halogens is 2. The van der Waals surface area contributed by atoms with Crippen LogP contribution >= 0.6 is 23.2 Å². The first-order chi connectivity index (χ1) is 17.4. The number of fused-ring (bicyclic) bond motifs is 5. The summed E-state index contributed by atoms with van der Waals surface area (Å²) in [5, 5.41) is 2.92. The van der Waals surface area contributed by atoms with E-state index in [1.165, 1.54) is 0 Å². The van der Waals surface area contributed by atoms with Crippen LogP contribution in [0.15, 0.2) is 97.1 Å². The van der Waals surface area contributed by atoms with Crippen LogP contribution in [0.2, 0.25) is 0 Å². The third-order valence-corrected chi connectivity index (χ3v) is 7.06. The number of carbonyl (C=O) groups is 2. The summed E-state index contributed by atoms with van der Waals surface area (Å²) in [6.45, 7) is 4.42. The molecular weight excluding hydrogens is 495 g/mol. The Morgan fingerprint density at radius 2 is 1.08 bits per heavy atom. The number of hydrogen-bond acceptors (Lipinski definition) is 4. The van der Waals surface area contributed by atoms with Gasteiger partial charge in [0.15, 0.2) is 0 Å². The lowest BCUT2D eigenvalue weighted by Gasteiger charge is -2.35. The topological polar surface area (TPSA) is 52.6 Å². The maximum Gasteiger partial charge on any atom is 0.409 e. The van der Waals surface area contributed by atoms with Crippen LogP contribution in [0.4, 0.5) is 9.59 Å². The Labute approximate surface area is 216 Å². The lowest BCUT2D eigenvalue weighted by atomic mass is 9.69. The minimum Gasteiger partial charge on any atom is -0.417 e. The molecule has 0 unspecified atom stereocenters. The summed E-state index contributed by atoms with van der Waals surface area (Å²) in [6.07, 6.45) is 0. The predicted octanol–water partition coefficient (Wildman–Crippen LogP) is 6.65. The van der Waals surface area contributed by atoms with E-state index in [0.29, 0.717) is 21.8 Å². The maximum absolute atomic E-state index is 12.3. The summed E-state index contributed by atoms with van der Waals surface area (Å²) >= 11 is 11.6. The van der Waals surface area contributed by atoms with Crippen LogP contribution in [0.1, 0.15) is 34.1 Å². The molecule has 4 nitrogen and oxygen atoms in total. The van der Waals surface area contributed by atoms with E-state index in [1.807, 2.05) is 84.9 Å². The Bertz CT molecular complexity index is 1690. The van der Waals surface area contributed by atoms with E-state index < -0.39 is 16.8 Å². The van der Waals surface area contributed by atoms with Crippen molar-refractivity contribution in [1.29, 1.82) is 0 Å². The molecule has 6 heteroatoms. The van der Waals surface area contributed by atoms with Gasteiger partial charge in [0, 0.05) is 45.1 Å². The van der Waals surface area contributed by atoms with Gasteiger partial charge in [-0.25, -0.2) is 9.59 Å². The first kappa shape index (κ1) is 22.6. The van der Waals surface area contributed by atoms with Crippen LogP contribution in [-0.4, -0.2) is 10.9 Å². The van der Waals surface area contributed by atoms with Crippen molar-refractivity contribution in [3.05, 3.63) is 130 Å². The van der Waals surface area contributed by atoms with Gasteiger partial charge in [0.2, 0.25) is 0 Å². The Morgan fingerprint density at radius 3 is 1.58 bits per heavy atom. The molecule has 0 aliphatic heterocycles. The predicted molar refractivity (Wildman–Crippen MR) is 140 cm³/mol. The maximum atomic E-state index is 12.3. The van der Waals surface area contributed by atoms with Gasteiger partial charge < -0.3 is 9.47 Å². The summed E-state index contributed by atoms with van der Waals surface area (Å²) in [6, 6.07) is 27.4. The van der Waals surface area contributed by atoms with Crippen molar-refractivity contribution < 1.29 is 19.1 Å². The summed E-state index contributed by atoms with van der Waals surface area (Å²) in [4.78, 5) is 24.4. The molecule has 0 heterocycles. The van der Waals surface area contributed by atoms with Crippen LogP contribution in [0, 0.1) is 0 Å². The second-order valence-corrected chi connectivity index (χ2v) is 9.38. The quantitative estimate of drug-likeness (QED) is 0.282. The zero-order chi connectivity index (χ0) is 25.0. The lowest BCUT2D eigenvalue weighted by Crippen LogP contribution is -2.33. The first-order valence-corrected chi connectivity index (χ1v) is 12.1. The molecule has 2 bridgehead atoms. The number of carbonyl (C=O) groups excluding carboxylic acids is 2. The highest BCUT2D eigenvalue weighted by Gasteiger charge is 2.39. The van der Waals surface area contributed by atoms with Gasteiger partial charge in [-0.3, -0.25) is 0 Å². The van der Waals surface area contributed by atoms with Gasteiger partial charge in [-0.2, -0.15) is 0 Å². The highest BCUT2D eigenvalue weighted by atomic mass is 35.5. The molecule has 6 rings (SSSR count). The van der Waals surface area contributed by atoms with E-state index >= 15 is 0 Å². The van der Waals surface area contributed by atoms with E-state index in [4.69, 9.17) is 32.7 Å². The summed E-state index contributed by atoms with van der Waals surface area (Å²) in [5.74, 6) is -0.192. The van der Waals surface area contributed by atoms with Crippen LogP contribution in [0.5, 0.6) is 0 Å². The van der Waals surface area contributed by atoms with Gasteiger partial charge in [0.05, 0.1) is 5.92 Å². The van der Waals surface area contributed by atoms with Gasteiger partial charge in [0.25, 0.3) is 0 Å². The molecule has 4 aromatic rings. The van der Waals surface area contributed by atoms with Crippen LogP contribution < -0.4 is 10.4 Å². The zero-order valence-corrected chi connectivity index (χ0v) is 20.3. The molecule has 0 N–H and O–H groups in total. The fourth-order valence-corrected chi connectivity index (χ4v) is 5.72. The number of ether oxygens (including phenoxy) is 2. The van der Waals surface area contributed by atoms with Crippen molar-refractivity contribution >= 4 is 56.3 Å². The molecule has 0 fully saturated rings. The molecule has 0 atom stereocenters. The van der Waals surface area contributed by atoms with E-state index in [9.17, 15) is 9.59 Å². The molecule has 36 heavy (non-hydrogen) atoms. The molecule has 0 saturated heterocycles. The van der Waals surface area contributed by atoms with Crippen LogP contribution in [-0.2, 0) is 9.47 Å². The molecule has 0 amide bonds. The lowest BCUT2D eigenvalue weighted by molar-refractivity contribution is 0.214. The molecule has 2 aliphatic carbocycles. The zero-order valence-electron chi connectivity index (χ0n) is 18.8. The monoisotopic (exact) mass is 512 g/mol. The molecule has 176 valence electrons. The van der Waals surface area contributed by atoms with Gasteiger partial charge in [0.1, 0.15) is 11.5 Å². The van der Waals surface area contributed by atoms with E-state index in [2.05, 4.69) is 6.58 Å². The van der Waals surface area contributed by atoms with E-state index in [1.54, 1.807) is 0 Å². The Balaban J connectivity index is 1.90. The number of rotatable bonds is 2. The summed E-state index contributed by atoms with van der Waals surface area (Å²) < 4.78 is 11.5. The van der Waals surface area contributed by atoms with Crippen LogP contribution in [0.3, 0.4) is 0 Å². The SMILES string of the molecule is C=C1/C(OC(=O)Cl)=c2/cc3ccccc3c/c2=C(\OC(=O)Cl)C2c3ccccc3C1c1ccccc12. The van der Waals surface area contributed by atoms with E-state index in [0.717, 1.165) is 33.0 Å². The molecule has 0 radical (unpaired) electrons. The normalized spacial score (nSPS) is 20.9. The first-order valence-electron chi connectivity index (χ1n) is 11.3. The number of benzene rings is 4. The fraction of sp³-hybridized carbons (Fsp3) is 0.0667. The molecule has 0 aromatic heterocycles. The third-order valence-electron chi connectivity index (χ3n) is 6.91. The van der Waals surface area contributed by atoms with Crippen molar-refractivity contribution in [2.24, 2.45) is 0 Å². The van der Waals surface area contributed by atoms with Crippen molar-refractivity contribution in [3.63, 3.8) is 0 Å². The van der Waals surface area contributed by atoms with Crippen LogP contribution in [0.25, 0.3) is 22.3 Å². The Kier molecular flexibility index (Phi) is 5.44. The standard InChI is InChI=1S/C30H18Cl2O4/c1-16-25-19-10-4-6-12-21(19)26(22-13-7-5-11-20(22)25)28(36-30(32)34)24-15-18-9-3-2-8-17(18)14-23(24)27(16)35-29(31)33/h2-15,25-26H,1H2/b27-23+,28-24+. The Hall–Kier alpha value is -3.86. The average molecular weight is 513 g/mol. The second-order valence-electron chi connectivity index (χ2n) is 8.77. The van der Waals surface area contributed by atoms with Crippen molar-refractivity contribution in [2.45, 2.75) is 11.8 Å². The average Bonchev–Trinajstić information content (AvgIpc) is 2.92. The smallest absolute Gasteiger partial charge is 0.409 e. The highest BCUT2D eigenvalue weighted by molar-refractivity contribution is 6.61.